The number of rotatable bonds is 5. The highest BCUT2D eigenvalue weighted by Crippen LogP contribution is 2.32. The number of nitrogens with one attached hydrogen (secondary N) is 1. The van der Waals surface area contributed by atoms with Crippen molar-refractivity contribution in [3.8, 4) is 23.1 Å². The van der Waals surface area contributed by atoms with Gasteiger partial charge in [-0.3, -0.25) is 9.59 Å². The van der Waals surface area contributed by atoms with E-state index in [1.54, 1.807) is 18.2 Å². The predicted octanol–water partition coefficient (Wildman–Crippen LogP) is 2.04. The Morgan fingerprint density at radius 3 is 2.69 bits per heavy atom. The number of halogens is 1. The van der Waals surface area contributed by atoms with Crippen molar-refractivity contribution in [2.24, 2.45) is 0 Å². The number of hydrogen-bond acceptors (Lipinski definition) is 6. The first-order chi connectivity index (χ1) is 14.0. The number of amides is 1. The van der Waals surface area contributed by atoms with E-state index in [9.17, 15) is 14.0 Å². The molecule has 2 aromatic carbocycles. The molecule has 0 saturated carbocycles. The summed E-state index contributed by atoms with van der Waals surface area (Å²) in [4.78, 5) is 24.9. The Morgan fingerprint density at radius 2 is 1.93 bits per heavy atom. The molecule has 8 nitrogen and oxygen atoms in total. The molecule has 0 radical (unpaired) electrons. The van der Waals surface area contributed by atoms with Gasteiger partial charge in [0, 0.05) is 6.54 Å². The van der Waals surface area contributed by atoms with Gasteiger partial charge in [0.15, 0.2) is 17.2 Å². The topological polar surface area (TPSA) is 91.7 Å². The second-order valence-corrected chi connectivity index (χ2v) is 6.16. The Morgan fingerprint density at radius 1 is 1.17 bits per heavy atom. The summed E-state index contributed by atoms with van der Waals surface area (Å²) in [7, 11) is 1.37. The molecule has 0 saturated heterocycles. The van der Waals surface area contributed by atoms with Crippen LogP contribution in [-0.2, 0) is 6.54 Å². The van der Waals surface area contributed by atoms with Crippen LogP contribution in [0.15, 0.2) is 53.3 Å². The zero-order chi connectivity index (χ0) is 20.4. The van der Waals surface area contributed by atoms with Crippen molar-refractivity contribution in [2.75, 3.05) is 13.9 Å². The first-order valence-electron chi connectivity index (χ1n) is 8.66. The highest BCUT2D eigenvalue weighted by Gasteiger charge is 2.18. The van der Waals surface area contributed by atoms with Crippen molar-refractivity contribution in [1.29, 1.82) is 0 Å². The minimum Gasteiger partial charge on any atom is -0.481 e. The lowest BCUT2D eigenvalue weighted by Crippen LogP contribution is -2.31. The molecule has 3 aromatic rings. The number of hydrogen-bond donors (Lipinski definition) is 1. The fraction of sp³-hybridized carbons (Fsp3) is 0.150. The van der Waals surface area contributed by atoms with Gasteiger partial charge in [-0.05, 0) is 42.0 Å². The van der Waals surface area contributed by atoms with Crippen LogP contribution in [-0.4, -0.2) is 29.6 Å². The summed E-state index contributed by atoms with van der Waals surface area (Å²) < 4.78 is 30.2. The lowest BCUT2D eigenvalue weighted by atomic mass is 10.2. The van der Waals surface area contributed by atoms with Gasteiger partial charge >= 0.3 is 0 Å². The normalized spacial score (nSPS) is 11.9. The van der Waals surface area contributed by atoms with E-state index in [1.807, 2.05) is 0 Å². The lowest BCUT2D eigenvalue weighted by molar-refractivity contribution is 0.0942. The maximum Gasteiger partial charge on any atom is 0.276 e. The van der Waals surface area contributed by atoms with Gasteiger partial charge in [-0.2, -0.15) is 5.10 Å². The van der Waals surface area contributed by atoms with Crippen LogP contribution in [0.4, 0.5) is 4.39 Å². The number of carbonyl (C=O) groups is 1. The van der Waals surface area contributed by atoms with Crippen LogP contribution < -0.4 is 25.0 Å². The second kappa shape index (κ2) is 7.63. The molecule has 2 heterocycles. The first-order valence-corrected chi connectivity index (χ1v) is 8.66. The van der Waals surface area contributed by atoms with Gasteiger partial charge in [0.1, 0.15) is 5.82 Å². The fourth-order valence-corrected chi connectivity index (χ4v) is 2.83. The minimum atomic E-state index is -0.647. The van der Waals surface area contributed by atoms with Gasteiger partial charge in [0.25, 0.3) is 5.91 Å². The number of aromatic nitrogens is 2. The summed E-state index contributed by atoms with van der Waals surface area (Å²) in [6.07, 6.45) is 0. The summed E-state index contributed by atoms with van der Waals surface area (Å²) >= 11 is 0. The Hall–Kier alpha value is -3.88. The molecular formula is C20H16FN3O5. The van der Waals surface area contributed by atoms with Crippen LogP contribution in [0.5, 0.6) is 17.4 Å². The zero-order valence-corrected chi connectivity index (χ0v) is 15.3. The van der Waals surface area contributed by atoms with Crippen molar-refractivity contribution in [3.05, 3.63) is 75.8 Å². The molecule has 1 aromatic heterocycles. The van der Waals surface area contributed by atoms with Crippen molar-refractivity contribution in [1.82, 2.24) is 15.1 Å². The SMILES string of the molecule is COc1cc(=O)c(C(=O)NCc2ccc3c(c2)OCO3)nn1-c1ccc(F)cc1. The second-order valence-electron chi connectivity index (χ2n) is 6.16. The Bertz CT molecular complexity index is 1130. The monoisotopic (exact) mass is 397 g/mol. The van der Waals surface area contributed by atoms with Crippen LogP contribution in [0.3, 0.4) is 0 Å². The summed E-state index contributed by atoms with van der Waals surface area (Å²) in [6.45, 7) is 0.322. The van der Waals surface area contributed by atoms with Crippen molar-refractivity contribution in [2.45, 2.75) is 6.54 Å². The molecule has 0 unspecified atom stereocenters. The summed E-state index contributed by atoms with van der Waals surface area (Å²) in [5.74, 6) is 0.285. The van der Waals surface area contributed by atoms with E-state index in [0.717, 1.165) is 11.6 Å². The average molecular weight is 397 g/mol. The number of methoxy groups -OCH3 is 1. The molecule has 4 rings (SSSR count). The van der Waals surface area contributed by atoms with Crippen LogP contribution in [0.1, 0.15) is 16.1 Å². The largest absolute Gasteiger partial charge is 0.481 e. The molecule has 1 aliphatic rings. The molecule has 9 heteroatoms. The summed E-state index contributed by atoms with van der Waals surface area (Å²) in [5, 5.41) is 6.77. The van der Waals surface area contributed by atoms with Crippen LogP contribution in [0.25, 0.3) is 5.69 Å². The number of fused-ring (bicyclic) bond motifs is 1. The Labute approximate surface area is 164 Å². The van der Waals surface area contributed by atoms with E-state index < -0.39 is 17.2 Å². The van der Waals surface area contributed by atoms with E-state index in [1.165, 1.54) is 36.1 Å². The van der Waals surface area contributed by atoms with Gasteiger partial charge in [-0.25, -0.2) is 9.07 Å². The quantitative estimate of drug-likeness (QED) is 0.709. The van der Waals surface area contributed by atoms with Gasteiger partial charge in [0.2, 0.25) is 18.1 Å². The molecule has 1 N–H and O–H groups in total. The molecule has 148 valence electrons. The Kier molecular flexibility index (Phi) is 4.86. The van der Waals surface area contributed by atoms with Gasteiger partial charge in [0.05, 0.1) is 18.9 Å². The summed E-state index contributed by atoms with van der Waals surface area (Å²) in [6, 6.07) is 11.9. The predicted molar refractivity (Wildman–Crippen MR) is 100 cm³/mol. The zero-order valence-electron chi connectivity index (χ0n) is 15.3. The van der Waals surface area contributed by atoms with E-state index in [-0.39, 0.29) is 24.9 Å². The van der Waals surface area contributed by atoms with Gasteiger partial charge in [-0.1, -0.05) is 6.07 Å². The Balaban J connectivity index is 1.58. The van der Waals surface area contributed by atoms with Crippen LogP contribution >= 0.6 is 0 Å². The standard InChI is InChI=1S/C20H16FN3O5/c1-27-18-9-15(25)19(23-24(18)14-5-3-13(21)4-6-14)20(26)22-10-12-2-7-16-17(8-12)29-11-28-16/h2-9H,10-11H2,1H3,(H,22,26). The molecule has 0 atom stereocenters. The van der Waals surface area contributed by atoms with Crippen molar-refractivity contribution < 1.29 is 23.4 Å². The number of nitrogens with zero attached hydrogens (tertiary/aromatic N) is 2. The molecule has 0 aliphatic carbocycles. The maximum absolute atomic E-state index is 13.2. The third-order valence-electron chi connectivity index (χ3n) is 4.28. The van der Waals surface area contributed by atoms with E-state index in [2.05, 4.69) is 10.4 Å². The molecule has 1 aliphatic heterocycles. The van der Waals surface area contributed by atoms with Gasteiger partial charge < -0.3 is 19.5 Å². The van der Waals surface area contributed by atoms with Crippen LogP contribution in [0.2, 0.25) is 0 Å². The van der Waals surface area contributed by atoms with Crippen molar-refractivity contribution >= 4 is 5.91 Å². The number of carbonyl (C=O) groups excluding carboxylic acids is 1. The average Bonchev–Trinajstić information content (AvgIpc) is 3.20. The third kappa shape index (κ3) is 3.75. The molecule has 0 spiro atoms. The fourth-order valence-electron chi connectivity index (χ4n) is 2.83. The van der Waals surface area contributed by atoms with Crippen LogP contribution in [0, 0.1) is 5.82 Å². The highest BCUT2D eigenvalue weighted by atomic mass is 19.1. The molecule has 0 bridgehead atoms. The van der Waals surface area contributed by atoms with E-state index >= 15 is 0 Å². The summed E-state index contributed by atoms with van der Waals surface area (Å²) in [5.41, 5.74) is 0.308. The maximum atomic E-state index is 13.2. The lowest BCUT2D eigenvalue weighted by Gasteiger charge is -2.12. The number of benzene rings is 2. The number of ether oxygens (including phenoxy) is 3. The molecular weight excluding hydrogens is 381 g/mol. The molecule has 29 heavy (non-hydrogen) atoms. The van der Waals surface area contributed by atoms with E-state index in [4.69, 9.17) is 14.2 Å². The van der Waals surface area contributed by atoms with Gasteiger partial charge in [-0.15, -0.1) is 0 Å². The smallest absolute Gasteiger partial charge is 0.276 e. The van der Waals surface area contributed by atoms with Crippen molar-refractivity contribution in [3.63, 3.8) is 0 Å². The third-order valence-corrected chi connectivity index (χ3v) is 4.28. The molecule has 1 amide bonds. The highest BCUT2D eigenvalue weighted by molar-refractivity contribution is 5.92. The first kappa shape index (κ1) is 18.5. The minimum absolute atomic E-state index is 0.119. The van der Waals surface area contributed by atoms with E-state index in [0.29, 0.717) is 17.2 Å². The molecule has 0 fully saturated rings.